The van der Waals surface area contributed by atoms with E-state index in [0.29, 0.717) is 21.0 Å². The van der Waals surface area contributed by atoms with Crippen LogP contribution in [0.15, 0.2) is 0 Å². The van der Waals surface area contributed by atoms with Crippen LogP contribution in [-0.2, 0) is 0 Å². The Morgan fingerprint density at radius 3 is 1.10 bits per heavy atom. The van der Waals surface area contributed by atoms with Crippen molar-refractivity contribution in [3.63, 3.8) is 0 Å². The predicted octanol–water partition coefficient (Wildman–Crippen LogP) is 8.41. The zero-order chi connectivity index (χ0) is 21.7. The molecule has 2 aliphatic rings. The van der Waals surface area contributed by atoms with Crippen LogP contribution >= 0.6 is 62.3 Å². The predicted molar refractivity (Wildman–Crippen MR) is 149 cm³/mol. The summed E-state index contributed by atoms with van der Waals surface area (Å²) in [6.07, 6.45) is 16.4. The number of rotatable bonds is 10. The molecule has 0 N–H and O–H groups in total. The highest BCUT2D eigenvalue weighted by Gasteiger charge is 2.51. The molecule has 172 valence electrons. The molecular formula is C24H46S5. The van der Waals surface area contributed by atoms with Gasteiger partial charge in [0.25, 0.3) is 0 Å². The standard InChI is InChI=1S/C24H46S5/c1-17(25)23(18(2)26,15-21-11-7-5-8-12-21)29-24(19(3)27,20(4)28)16-22-13-9-6-10-14-22/h17-22,25-28H,5-16H2,1-4H3. The van der Waals surface area contributed by atoms with Gasteiger partial charge >= 0.3 is 0 Å². The van der Waals surface area contributed by atoms with Gasteiger partial charge in [0, 0.05) is 30.5 Å². The Balaban J connectivity index is 2.36. The molecule has 0 aromatic heterocycles. The molecule has 29 heavy (non-hydrogen) atoms. The summed E-state index contributed by atoms with van der Waals surface area (Å²) in [7, 11) is 0. The van der Waals surface area contributed by atoms with Gasteiger partial charge in [-0.3, -0.25) is 0 Å². The van der Waals surface area contributed by atoms with Crippen LogP contribution in [0.25, 0.3) is 0 Å². The third-order valence-corrected chi connectivity index (χ3v) is 12.9. The first-order valence-corrected chi connectivity index (χ1v) is 14.9. The van der Waals surface area contributed by atoms with E-state index in [0.717, 1.165) is 11.8 Å². The van der Waals surface area contributed by atoms with Crippen LogP contribution in [-0.4, -0.2) is 30.5 Å². The lowest BCUT2D eigenvalue weighted by Crippen LogP contribution is -2.53. The van der Waals surface area contributed by atoms with E-state index in [1.165, 1.54) is 77.0 Å². The summed E-state index contributed by atoms with van der Waals surface area (Å²) in [6.45, 7) is 9.24. The Morgan fingerprint density at radius 1 is 0.586 bits per heavy atom. The molecule has 0 spiro atoms. The summed E-state index contributed by atoms with van der Waals surface area (Å²) in [5, 5.41) is 1.19. The average molecular weight is 495 g/mol. The SMILES string of the molecule is CC(S)C(CC1CCCCC1)(SC(CC1CCCCC1)(C(C)S)C(C)S)C(C)S. The van der Waals surface area contributed by atoms with Gasteiger partial charge in [-0.1, -0.05) is 91.9 Å². The number of thiol groups is 4. The molecule has 2 fully saturated rings. The highest BCUT2D eigenvalue weighted by atomic mass is 32.2. The van der Waals surface area contributed by atoms with E-state index in [1.807, 2.05) is 0 Å². The maximum Gasteiger partial charge on any atom is 0.0395 e. The van der Waals surface area contributed by atoms with E-state index in [-0.39, 0.29) is 9.49 Å². The van der Waals surface area contributed by atoms with Gasteiger partial charge < -0.3 is 0 Å². The fraction of sp³-hybridized carbons (Fsp3) is 1.00. The maximum atomic E-state index is 5.11. The van der Waals surface area contributed by atoms with Crippen LogP contribution in [0.5, 0.6) is 0 Å². The lowest BCUT2D eigenvalue weighted by atomic mass is 9.79. The average Bonchev–Trinajstić information content (AvgIpc) is 2.67. The van der Waals surface area contributed by atoms with Crippen LogP contribution in [0.4, 0.5) is 0 Å². The fourth-order valence-electron chi connectivity index (χ4n) is 5.84. The van der Waals surface area contributed by atoms with Gasteiger partial charge in [-0.25, -0.2) is 0 Å². The molecule has 0 aromatic carbocycles. The van der Waals surface area contributed by atoms with Gasteiger partial charge in [0.2, 0.25) is 0 Å². The quantitative estimate of drug-likeness (QED) is 0.221. The van der Waals surface area contributed by atoms with E-state index in [1.54, 1.807) is 0 Å². The van der Waals surface area contributed by atoms with Crippen molar-refractivity contribution in [1.82, 2.24) is 0 Å². The van der Waals surface area contributed by atoms with Crippen LogP contribution in [0.2, 0.25) is 0 Å². The zero-order valence-corrected chi connectivity index (χ0v) is 23.5. The lowest BCUT2D eigenvalue weighted by molar-refractivity contribution is 0.289. The van der Waals surface area contributed by atoms with Gasteiger partial charge in [-0.2, -0.15) is 50.5 Å². The van der Waals surface area contributed by atoms with Crippen molar-refractivity contribution in [3.8, 4) is 0 Å². The van der Waals surface area contributed by atoms with E-state index in [2.05, 4.69) is 39.5 Å². The molecule has 0 radical (unpaired) electrons. The molecular weight excluding hydrogens is 449 g/mol. The first kappa shape index (κ1) is 27.0. The smallest absolute Gasteiger partial charge is 0.0395 e. The van der Waals surface area contributed by atoms with Crippen molar-refractivity contribution in [2.24, 2.45) is 11.8 Å². The number of thioether (sulfide) groups is 1. The summed E-state index contributed by atoms with van der Waals surface area (Å²) in [4.78, 5) is 0. The van der Waals surface area contributed by atoms with Crippen molar-refractivity contribution in [3.05, 3.63) is 0 Å². The summed E-state index contributed by atoms with van der Waals surface area (Å²) < 4.78 is 0.105. The van der Waals surface area contributed by atoms with E-state index in [9.17, 15) is 0 Å². The van der Waals surface area contributed by atoms with Crippen LogP contribution in [0.1, 0.15) is 105 Å². The summed E-state index contributed by atoms with van der Waals surface area (Å²) in [5.74, 6) is 1.64. The molecule has 4 atom stereocenters. The Labute approximate surface area is 208 Å². The van der Waals surface area contributed by atoms with Crippen molar-refractivity contribution >= 4 is 62.3 Å². The lowest BCUT2D eigenvalue weighted by Gasteiger charge is -2.53. The molecule has 0 aliphatic heterocycles. The maximum absolute atomic E-state index is 5.11. The van der Waals surface area contributed by atoms with Gasteiger partial charge in [0.1, 0.15) is 0 Å². The number of hydrogen-bond acceptors (Lipinski definition) is 5. The molecule has 4 unspecified atom stereocenters. The molecule has 0 bridgehead atoms. The van der Waals surface area contributed by atoms with E-state index >= 15 is 0 Å². The van der Waals surface area contributed by atoms with Gasteiger partial charge in [0.05, 0.1) is 0 Å². The Hall–Kier alpha value is 1.75. The summed E-state index contributed by atoms with van der Waals surface area (Å²) >= 11 is 22.7. The molecule has 0 nitrogen and oxygen atoms in total. The largest absolute Gasteiger partial charge is 0.175 e. The summed E-state index contributed by atoms with van der Waals surface area (Å²) in [5.41, 5.74) is 0. The second-order valence-corrected chi connectivity index (χ2v) is 15.0. The van der Waals surface area contributed by atoms with Crippen LogP contribution < -0.4 is 0 Å². The van der Waals surface area contributed by atoms with E-state index < -0.39 is 0 Å². The molecule has 2 rings (SSSR count). The molecule has 2 aliphatic carbocycles. The second-order valence-electron chi connectivity index (χ2n) is 10.1. The van der Waals surface area contributed by atoms with Crippen LogP contribution in [0.3, 0.4) is 0 Å². The van der Waals surface area contributed by atoms with E-state index in [4.69, 9.17) is 50.5 Å². The highest BCUT2D eigenvalue weighted by molar-refractivity contribution is 8.05. The van der Waals surface area contributed by atoms with Crippen molar-refractivity contribution in [2.75, 3.05) is 0 Å². The second kappa shape index (κ2) is 12.3. The monoisotopic (exact) mass is 494 g/mol. The Bertz CT molecular complexity index is 404. The molecule has 5 heteroatoms. The molecule has 0 saturated heterocycles. The first-order chi connectivity index (χ1) is 13.6. The minimum absolute atomic E-state index is 0.0525. The van der Waals surface area contributed by atoms with Crippen molar-refractivity contribution in [1.29, 1.82) is 0 Å². The summed E-state index contributed by atoms with van der Waals surface area (Å²) in [6, 6.07) is 0. The number of hydrogen-bond donors (Lipinski definition) is 4. The molecule has 0 aromatic rings. The van der Waals surface area contributed by atoms with Gasteiger partial charge in [-0.15, -0.1) is 11.8 Å². The minimum atomic E-state index is 0.0525. The topological polar surface area (TPSA) is 0 Å². The normalized spacial score (nSPS) is 28.1. The third kappa shape index (κ3) is 6.87. The minimum Gasteiger partial charge on any atom is -0.175 e. The van der Waals surface area contributed by atoms with Gasteiger partial charge in [-0.05, 0) is 24.7 Å². The molecule has 0 heterocycles. The van der Waals surface area contributed by atoms with Crippen molar-refractivity contribution < 1.29 is 0 Å². The molecule has 0 amide bonds. The zero-order valence-electron chi connectivity index (χ0n) is 19.1. The van der Waals surface area contributed by atoms with Crippen molar-refractivity contribution in [2.45, 2.75) is 135 Å². The highest BCUT2D eigenvalue weighted by Crippen LogP contribution is 2.56. The first-order valence-electron chi connectivity index (χ1n) is 12.1. The van der Waals surface area contributed by atoms with Crippen LogP contribution in [0, 0.1) is 11.8 Å². The fourth-order valence-corrected chi connectivity index (χ4v) is 10.1. The Morgan fingerprint density at radius 2 is 0.862 bits per heavy atom. The third-order valence-electron chi connectivity index (χ3n) is 7.87. The molecule has 2 saturated carbocycles. The van der Waals surface area contributed by atoms with Gasteiger partial charge in [0.15, 0.2) is 0 Å². The Kier molecular flexibility index (Phi) is 11.4.